The summed E-state index contributed by atoms with van der Waals surface area (Å²) < 4.78 is 5.24. The lowest BCUT2D eigenvalue weighted by molar-refractivity contribution is 0.0922. The average Bonchev–Trinajstić information content (AvgIpc) is 2.58. The minimum absolute atomic E-state index is 0.229. The molecule has 1 aromatic carbocycles. The SMILES string of the molecule is COc1cccc(Nc2nc(N)nc(CN3[C@@H](C)CCC[C@@H]3C)n2)c1. The van der Waals surface area contributed by atoms with E-state index in [9.17, 15) is 0 Å². The molecule has 134 valence electrons. The summed E-state index contributed by atoms with van der Waals surface area (Å²) in [5.41, 5.74) is 6.74. The van der Waals surface area contributed by atoms with E-state index in [-0.39, 0.29) is 5.95 Å². The lowest BCUT2D eigenvalue weighted by atomic mass is 9.97. The first-order chi connectivity index (χ1) is 12.0. The first-order valence-electron chi connectivity index (χ1n) is 8.72. The van der Waals surface area contributed by atoms with Crippen LogP contribution in [0.25, 0.3) is 0 Å². The van der Waals surface area contributed by atoms with E-state index in [0.717, 1.165) is 11.4 Å². The maximum atomic E-state index is 5.90. The molecule has 1 saturated heterocycles. The molecule has 0 saturated carbocycles. The number of hydrogen-bond donors (Lipinski definition) is 2. The number of hydrogen-bond acceptors (Lipinski definition) is 7. The van der Waals surface area contributed by atoms with Crippen LogP contribution in [0.3, 0.4) is 0 Å². The van der Waals surface area contributed by atoms with E-state index in [1.807, 2.05) is 24.3 Å². The number of methoxy groups -OCH3 is 1. The molecule has 1 aromatic heterocycles. The zero-order chi connectivity index (χ0) is 17.8. The fourth-order valence-electron chi connectivity index (χ4n) is 3.34. The highest BCUT2D eigenvalue weighted by atomic mass is 16.5. The molecule has 2 heterocycles. The summed E-state index contributed by atoms with van der Waals surface area (Å²) in [4.78, 5) is 15.5. The minimum atomic E-state index is 0.229. The molecule has 7 heteroatoms. The number of anilines is 3. The normalized spacial score (nSPS) is 21.1. The molecule has 0 spiro atoms. The van der Waals surface area contributed by atoms with Crippen LogP contribution < -0.4 is 15.8 Å². The highest BCUT2D eigenvalue weighted by molar-refractivity contribution is 5.56. The van der Waals surface area contributed by atoms with Crippen LogP contribution in [0, 0.1) is 0 Å². The van der Waals surface area contributed by atoms with Gasteiger partial charge in [0.05, 0.1) is 13.7 Å². The van der Waals surface area contributed by atoms with E-state index in [1.165, 1.54) is 19.3 Å². The van der Waals surface area contributed by atoms with Gasteiger partial charge in [-0.25, -0.2) is 0 Å². The molecule has 7 nitrogen and oxygen atoms in total. The van der Waals surface area contributed by atoms with Crippen LogP contribution in [0.5, 0.6) is 5.75 Å². The maximum absolute atomic E-state index is 5.90. The van der Waals surface area contributed by atoms with Crippen LogP contribution >= 0.6 is 0 Å². The predicted octanol–water partition coefficient (Wildman–Crippen LogP) is 2.97. The standard InChI is InChI=1S/C18H26N6O/c1-12-6-4-7-13(2)24(12)11-16-21-17(19)23-18(22-16)20-14-8-5-9-15(10-14)25-3/h5,8-10,12-13H,4,6-7,11H2,1-3H3,(H3,19,20,21,22,23)/t12-,13-/m0/s1. The number of nitrogens with zero attached hydrogens (tertiary/aromatic N) is 4. The second-order valence-corrected chi connectivity index (χ2v) is 6.59. The molecule has 3 rings (SSSR count). The molecule has 25 heavy (non-hydrogen) atoms. The number of rotatable bonds is 5. The Labute approximate surface area is 148 Å². The van der Waals surface area contributed by atoms with Crippen LogP contribution in [0.4, 0.5) is 17.6 Å². The number of nitrogen functional groups attached to an aromatic ring is 1. The van der Waals surface area contributed by atoms with Crippen molar-refractivity contribution in [2.45, 2.75) is 51.7 Å². The van der Waals surface area contributed by atoms with Gasteiger partial charge in [-0.2, -0.15) is 15.0 Å². The summed E-state index contributed by atoms with van der Waals surface area (Å²) in [7, 11) is 1.64. The number of ether oxygens (including phenoxy) is 1. The van der Waals surface area contributed by atoms with E-state index in [2.05, 4.69) is 39.0 Å². The third kappa shape index (κ3) is 4.36. The van der Waals surface area contributed by atoms with Crippen LogP contribution in [-0.2, 0) is 6.54 Å². The van der Waals surface area contributed by atoms with E-state index in [1.54, 1.807) is 7.11 Å². The smallest absolute Gasteiger partial charge is 0.232 e. The number of nitrogens with one attached hydrogen (secondary N) is 1. The van der Waals surface area contributed by atoms with Gasteiger partial charge >= 0.3 is 0 Å². The van der Waals surface area contributed by atoms with Crippen molar-refractivity contribution in [2.24, 2.45) is 0 Å². The number of aromatic nitrogens is 3. The van der Waals surface area contributed by atoms with Gasteiger partial charge in [0, 0.05) is 23.8 Å². The second kappa shape index (κ2) is 7.65. The van der Waals surface area contributed by atoms with Crippen molar-refractivity contribution in [3.8, 4) is 5.75 Å². The molecule has 0 aliphatic carbocycles. The summed E-state index contributed by atoms with van der Waals surface area (Å²) in [5.74, 6) is 2.14. The Morgan fingerprint density at radius 2 is 1.96 bits per heavy atom. The van der Waals surface area contributed by atoms with E-state index in [4.69, 9.17) is 10.5 Å². The fraction of sp³-hybridized carbons (Fsp3) is 0.500. The Bertz CT molecular complexity index is 712. The summed E-state index contributed by atoms with van der Waals surface area (Å²) in [6, 6.07) is 8.65. The molecule has 1 aliphatic rings. The Morgan fingerprint density at radius 3 is 2.68 bits per heavy atom. The zero-order valence-electron chi connectivity index (χ0n) is 15.1. The molecule has 0 radical (unpaired) electrons. The van der Waals surface area contributed by atoms with Crippen LogP contribution in [0.1, 0.15) is 38.9 Å². The van der Waals surface area contributed by atoms with Crippen molar-refractivity contribution >= 4 is 17.6 Å². The number of piperidine rings is 1. The summed E-state index contributed by atoms with van der Waals surface area (Å²) in [6.45, 7) is 5.20. The number of benzene rings is 1. The van der Waals surface area contributed by atoms with Crippen molar-refractivity contribution in [1.82, 2.24) is 19.9 Å². The van der Waals surface area contributed by atoms with Crippen molar-refractivity contribution < 1.29 is 4.74 Å². The van der Waals surface area contributed by atoms with Crippen LogP contribution in [0.2, 0.25) is 0 Å². The topological polar surface area (TPSA) is 89.2 Å². The van der Waals surface area contributed by atoms with Gasteiger partial charge in [-0.15, -0.1) is 0 Å². The molecule has 0 amide bonds. The van der Waals surface area contributed by atoms with Crippen molar-refractivity contribution in [3.05, 3.63) is 30.1 Å². The first-order valence-corrected chi connectivity index (χ1v) is 8.72. The van der Waals surface area contributed by atoms with Gasteiger partial charge in [-0.05, 0) is 38.8 Å². The van der Waals surface area contributed by atoms with E-state index >= 15 is 0 Å². The van der Waals surface area contributed by atoms with E-state index < -0.39 is 0 Å². The molecular formula is C18H26N6O. The summed E-state index contributed by atoms with van der Waals surface area (Å²) >= 11 is 0. The van der Waals surface area contributed by atoms with Crippen molar-refractivity contribution in [3.63, 3.8) is 0 Å². The molecule has 2 atom stereocenters. The van der Waals surface area contributed by atoms with E-state index in [0.29, 0.717) is 30.4 Å². The lowest BCUT2D eigenvalue weighted by Crippen LogP contribution is -2.43. The third-order valence-electron chi connectivity index (χ3n) is 4.72. The minimum Gasteiger partial charge on any atom is -0.497 e. The monoisotopic (exact) mass is 342 g/mol. The Balaban J connectivity index is 1.78. The molecule has 0 bridgehead atoms. The molecule has 0 unspecified atom stereocenters. The number of likely N-dealkylation sites (tertiary alicyclic amines) is 1. The molecule has 3 N–H and O–H groups in total. The van der Waals surface area contributed by atoms with Gasteiger partial charge < -0.3 is 15.8 Å². The van der Waals surface area contributed by atoms with Gasteiger partial charge in [0.25, 0.3) is 0 Å². The largest absolute Gasteiger partial charge is 0.497 e. The van der Waals surface area contributed by atoms with Gasteiger partial charge in [-0.3, -0.25) is 4.90 Å². The summed E-state index contributed by atoms with van der Waals surface area (Å²) in [5, 5.41) is 3.18. The van der Waals surface area contributed by atoms with Gasteiger partial charge in [0.15, 0.2) is 0 Å². The fourth-order valence-corrected chi connectivity index (χ4v) is 3.34. The highest BCUT2D eigenvalue weighted by Gasteiger charge is 2.25. The Morgan fingerprint density at radius 1 is 1.20 bits per heavy atom. The zero-order valence-corrected chi connectivity index (χ0v) is 15.1. The third-order valence-corrected chi connectivity index (χ3v) is 4.72. The lowest BCUT2D eigenvalue weighted by Gasteiger charge is -2.38. The summed E-state index contributed by atoms with van der Waals surface area (Å²) in [6.07, 6.45) is 3.69. The molecule has 1 fully saturated rings. The number of nitrogens with two attached hydrogens (primary N) is 1. The van der Waals surface area contributed by atoms with Gasteiger partial charge in [0.2, 0.25) is 11.9 Å². The molecule has 1 aliphatic heterocycles. The van der Waals surface area contributed by atoms with Gasteiger partial charge in [0.1, 0.15) is 11.6 Å². The van der Waals surface area contributed by atoms with Crippen molar-refractivity contribution in [1.29, 1.82) is 0 Å². The molecule has 2 aromatic rings. The maximum Gasteiger partial charge on any atom is 0.232 e. The average molecular weight is 342 g/mol. The van der Waals surface area contributed by atoms with Crippen LogP contribution in [-0.4, -0.2) is 39.0 Å². The quantitative estimate of drug-likeness (QED) is 0.863. The first kappa shape index (κ1) is 17.4. The Hall–Kier alpha value is -2.41. The van der Waals surface area contributed by atoms with Gasteiger partial charge in [-0.1, -0.05) is 12.5 Å². The second-order valence-electron chi connectivity index (χ2n) is 6.59. The van der Waals surface area contributed by atoms with Crippen molar-refractivity contribution in [2.75, 3.05) is 18.2 Å². The highest BCUT2D eigenvalue weighted by Crippen LogP contribution is 2.24. The Kier molecular flexibility index (Phi) is 5.33. The molecular weight excluding hydrogens is 316 g/mol. The predicted molar refractivity (Wildman–Crippen MR) is 98.8 cm³/mol. The van der Waals surface area contributed by atoms with Crippen LogP contribution in [0.15, 0.2) is 24.3 Å².